The molecule has 1 amide bonds. The number of aromatic nitrogens is 1. The van der Waals surface area contributed by atoms with Crippen molar-refractivity contribution in [3.8, 4) is 22.8 Å². The van der Waals surface area contributed by atoms with Crippen molar-refractivity contribution in [3.05, 3.63) is 59.2 Å². The zero-order valence-electron chi connectivity index (χ0n) is 16.3. The fourth-order valence-electron chi connectivity index (χ4n) is 3.13. The number of hydrogen-bond acceptors (Lipinski definition) is 6. The number of fused-ring (bicyclic) bond motifs is 1. The lowest BCUT2D eigenvalue weighted by Crippen LogP contribution is -2.13. The fraction of sp³-hybridized carbons (Fsp3) is 0.182. The first-order valence-electron chi connectivity index (χ1n) is 9.02. The summed E-state index contributed by atoms with van der Waals surface area (Å²) < 4.78 is 16.2. The van der Waals surface area contributed by atoms with E-state index in [0.29, 0.717) is 16.6 Å². The first-order chi connectivity index (χ1) is 14.1. The second kappa shape index (κ2) is 7.97. The quantitative estimate of drug-likeness (QED) is 0.483. The average Bonchev–Trinajstić information content (AvgIpc) is 3.34. The summed E-state index contributed by atoms with van der Waals surface area (Å²) in [4.78, 5) is 17.0. The maximum Gasteiger partial charge on any atom is 0.230 e. The van der Waals surface area contributed by atoms with Crippen LogP contribution in [0.5, 0.6) is 11.5 Å². The summed E-state index contributed by atoms with van der Waals surface area (Å²) in [5.74, 6) is 1.22. The second-order valence-electron chi connectivity index (χ2n) is 6.59. The van der Waals surface area contributed by atoms with Crippen molar-refractivity contribution < 1.29 is 18.7 Å². The lowest BCUT2D eigenvalue weighted by molar-refractivity contribution is -0.115. The highest BCUT2D eigenvalue weighted by Gasteiger charge is 2.15. The van der Waals surface area contributed by atoms with Crippen LogP contribution in [0.3, 0.4) is 0 Å². The van der Waals surface area contributed by atoms with Gasteiger partial charge in [-0.25, -0.2) is 4.98 Å². The molecule has 1 N–H and O–H groups in total. The summed E-state index contributed by atoms with van der Waals surface area (Å²) in [5.41, 5.74) is 4.32. The summed E-state index contributed by atoms with van der Waals surface area (Å²) in [6, 6.07) is 11.5. The smallest absolute Gasteiger partial charge is 0.230 e. The Morgan fingerprint density at radius 3 is 2.83 bits per heavy atom. The molecule has 0 aliphatic carbocycles. The molecule has 0 fully saturated rings. The Bertz CT molecular complexity index is 1180. The van der Waals surface area contributed by atoms with Crippen molar-refractivity contribution >= 4 is 33.3 Å². The van der Waals surface area contributed by atoms with Crippen LogP contribution in [0.15, 0.2) is 52.5 Å². The number of benzene rings is 2. The number of anilines is 1. The largest absolute Gasteiger partial charge is 0.497 e. The summed E-state index contributed by atoms with van der Waals surface area (Å²) in [6.07, 6.45) is 1.86. The molecule has 7 heteroatoms. The highest BCUT2D eigenvalue weighted by Crippen LogP contribution is 2.35. The average molecular weight is 408 g/mol. The van der Waals surface area contributed by atoms with E-state index in [9.17, 15) is 4.79 Å². The number of rotatable bonds is 6. The summed E-state index contributed by atoms with van der Waals surface area (Å²) in [7, 11) is 3.21. The van der Waals surface area contributed by atoms with Crippen LogP contribution in [0.4, 0.5) is 5.13 Å². The first-order valence-corrected chi connectivity index (χ1v) is 9.90. The van der Waals surface area contributed by atoms with E-state index in [1.807, 2.05) is 42.6 Å². The lowest BCUT2D eigenvalue weighted by Gasteiger charge is -2.08. The Morgan fingerprint density at radius 2 is 2.03 bits per heavy atom. The number of ether oxygens (including phenoxy) is 2. The molecule has 148 valence electrons. The van der Waals surface area contributed by atoms with E-state index in [0.717, 1.165) is 33.4 Å². The van der Waals surface area contributed by atoms with Gasteiger partial charge in [0.25, 0.3) is 0 Å². The van der Waals surface area contributed by atoms with Gasteiger partial charge < -0.3 is 19.2 Å². The Morgan fingerprint density at radius 1 is 1.17 bits per heavy atom. The number of amides is 1. The molecule has 0 atom stereocenters. The zero-order valence-corrected chi connectivity index (χ0v) is 17.1. The molecule has 0 bridgehead atoms. The summed E-state index contributed by atoms with van der Waals surface area (Å²) >= 11 is 1.37. The maximum atomic E-state index is 12.5. The van der Waals surface area contributed by atoms with Gasteiger partial charge in [-0.1, -0.05) is 12.1 Å². The monoisotopic (exact) mass is 408 g/mol. The van der Waals surface area contributed by atoms with Gasteiger partial charge in [-0.3, -0.25) is 4.79 Å². The number of carbonyl (C=O) groups is 1. The molecule has 0 saturated carbocycles. The molecule has 2 aromatic heterocycles. The number of aryl methyl sites for hydroxylation is 1. The number of nitrogens with one attached hydrogen (secondary N) is 1. The van der Waals surface area contributed by atoms with Crippen molar-refractivity contribution in [2.75, 3.05) is 19.5 Å². The third-order valence-electron chi connectivity index (χ3n) is 4.60. The zero-order chi connectivity index (χ0) is 20.4. The van der Waals surface area contributed by atoms with Gasteiger partial charge in [0.1, 0.15) is 17.1 Å². The molecule has 0 aliphatic rings. The van der Waals surface area contributed by atoms with Crippen molar-refractivity contribution in [3.63, 3.8) is 0 Å². The van der Waals surface area contributed by atoms with Crippen LogP contribution in [0.2, 0.25) is 0 Å². The molecule has 4 rings (SSSR count). The minimum absolute atomic E-state index is 0.143. The molecule has 6 nitrogen and oxygen atoms in total. The number of nitrogens with zero attached hydrogens (tertiary/aromatic N) is 1. The minimum atomic E-state index is -0.143. The SMILES string of the molecule is COc1ccc(-c2csc(NC(=O)Cc3coc4cc(C)ccc34)n2)c(OC)c1. The van der Waals surface area contributed by atoms with E-state index >= 15 is 0 Å². The highest BCUT2D eigenvalue weighted by atomic mass is 32.1. The molecule has 0 unspecified atom stereocenters. The Balaban J connectivity index is 1.49. The molecule has 0 saturated heterocycles. The predicted molar refractivity (Wildman–Crippen MR) is 114 cm³/mol. The van der Waals surface area contributed by atoms with Crippen LogP contribution in [0, 0.1) is 6.92 Å². The third-order valence-corrected chi connectivity index (χ3v) is 5.36. The first kappa shape index (κ1) is 19.0. The van der Waals surface area contributed by atoms with Crippen molar-refractivity contribution in [1.82, 2.24) is 4.98 Å². The molecule has 0 aliphatic heterocycles. The number of thiazole rings is 1. The van der Waals surface area contributed by atoms with Gasteiger partial charge in [0.15, 0.2) is 5.13 Å². The van der Waals surface area contributed by atoms with E-state index < -0.39 is 0 Å². The molecule has 2 aromatic carbocycles. The number of methoxy groups -OCH3 is 2. The Hall–Kier alpha value is -3.32. The number of hydrogen-bond donors (Lipinski definition) is 1. The molecule has 0 spiro atoms. The normalized spacial score (nSPS) is 10.9. The van der Waals surface area contributed by atoms with Gasteiger partial charge in [0, 0.05) is 28.0 Å². The van der Waals surface area contributed by atoms with Crippen LogP contribution in [-0.4, -0.2) is 25.1 Å². The van der Waals surface area contributed by atoms with Gasteiger partial charge in [-0.15, -0.1) is 11.3 Å². The van der Waals surface area contributed by atoms with Crippen LogP contribution in [0.25, 0.3) is 22.2 Å². The van der Waals surface area contributed by atoms with Crippen LogP contribution in [-0.2, 0) is 11.2 Å². The van der Waals surface area contributed by atoms with E-state index in [4.69, 9.17) is 13.9 Å². The van der Waals surface area contributed by atoms with Crippen molar-refractivity contribution in [1.29, 1.82) is 0 Å². The molecule has 4 aromatic rings. The molecular formula is C22H20N2O4S. The minimum Gasteiger partial charge on any atom is -0.497 e. The Labute approximate surface area is 172 Å². The van der Waals surface area contributed by atoms with E-state index in [1.165, 1.54) is 11.3 Å². The molecular weight excluding hydrogens is 388 g/mol. The topological polar surface area (TPSA) is 73.6 Å². The van der Waals surface area contributed by atoms with Crippen LogP contribution in [0.1, 0.15) is 11.1 Å². The molecule has 29 heavy (non-hydrogen) atoms. The Kier molecular flexibility index (Phi) is 5.22. The van der Waals surface area contributed by atoms with Crippen molar-refractivity contribution in [2.24, 2.45) is 0 Å². The fourth-order valence-corrected chi connectivity index (χ4v) is 3.86. The molecule has 0 radical (unpaired) electrons. The lowest BCUT2D eigenvalue weighted by atomic mass is 10.1. The number of furan rings is 1. The van der Waals surface area contributed by atoms with E-state index in [-0.39, 0.29) is 12.3 Å². The van der Waals surface area contributed by atoms with Gasteiger partial charge in [-0.2, -0.15) is 0 Å². The van der Waals surface area contributed by atoms with Gasteiger partial charge in [0.05, 0.1) is 32.6 Å². The van der Waals surface area contributed by atoms with Gasteiger partial charge in [0.2, 0.25) is 5.91 Å². The third kappa shape index (κ3) is 3.95. The summed E-state index contributed by atoms with van der Waals surface area (Å²) in [5, 5.41) is 6.24. The maximum absolute atomic E-state index is 12.5. The van der Waals surface area contributed by atoms with Crippen LogP contribution < -0.4 is 14.8 Å². The van der Waals surface area contributed by atoms with Crippen LogP contribution >= 0.6 is 11.3 Å². The highest BCUT2D eigenvalue weighted by molar-refractivity contribution is 7.14. The second-order valence-corrected chi connectivity index (χ2v) is 7.45. The van der Waals surface area contributed by atoms with Gasteiger partial charge in [-0.05, 0) is 30.7 Å². The van der Waals surface area contributed by atoms with E-state index in [2.05, 4.69) is 10.3 Å². The predicted octanol–water partition coefficient (Wildman–Crippen LogP) is 5.06. The van der Waals surface area contributed by atoms with E-state index in [1.54, 1.807) is 26.5 Å². The molecule has 2 heterocycles. The number of carbonyl (C=O) groups excluding carboxylic acids is 1. The van der Waals surface area contributed by atoms with Crippen molar-refractivity contribution in [2.45, 2.75) is 13.3 Å². The summed E-state index contributed by atoms with van der Waals surface area (Å²) in [6.45, 7) is 2.01. The van der Waals surface area contributed by atoms with Gasteiger partial charge >= 0.3 is 0 Å². The standard InChI is InChI=1S/C22H20N2O4S/c1-13-4-6-16-14(11-28-20(16)8-13)9-21(25)24-22-23-18(12-29-22)17-7-5-15(26-2)10-19(17)27-3/h4-8,10-12H,9H2,1-3H3,(H,23,24,25).